The SMILES string of the molecule is c1ccc(-c2ccc(-c3ccc(N(c4cccc5ccccc45)c4ccc(-c5ccccc5-c5ccc6c(c5)oc5ccccc56)c5oc6ccccc6c45)cc3)cc2)cc1. The van der Waals surface area contributed by atoms with Crippen LogP contribution in [0, 0.1) is 0 Å². The number of hydrogen-bond acceptors (Lipinski definition) is 3. The second-order valence-electron chi connectivity index (χ2n) is 15.6. The van der Waals surface area contributed by atoms with Gasteiger partial charge in [0.05, 0.1) is 16.8 Å². The van der Waals surface area contributed by atoms with E-state index in [0.29, 0.717) is 0 Å². The van der Waals surface area contributed by atoms with E-state index in [2.05, 4.69) is 211 Å². The summed E-state index contributed by atoms with van der Waals surface area (Å²) in [6, 6.07) is 79.8. The average molecular weight is 780 g/mol. The smallest absolute Gasteiger partial charge is 0.145 e. The maximum atomic E-state index is 6.96. The number of fused-ring (bicyclic) bond motifs is 7. The highest BCUT2D eigenvalue weighted by atomic mass is 16.3. The lowest BCUT2D eigenvalue weighted by Crippen LogP contribution is -2.11. The predicted molar refractivity (Wildman–Crippen MR) is 255 cm³/mol. The number of benzene rings is 10. The topological polar surface area (TPSA) is 29.5 Å². The van der Waals surface area contributed by atoms with Crippen molar-refractivity contribution in [3.8, 4) is 44.5 Å². The lowest BCUT2D eigenvalue weighted by atomic mass is 9.92. The number of rotatable bonds is 7. The van der Waals surface area contributed by atoms with Gasteiger partial charge in [-0.25, -0.2) is 0 Å². The van der Waals surface area contributed by atoms with Gasteiger partial charge in [-0.15, -0.1) is 0 Å². The number of para-hydroxylation sites is 2. The van der Waals surface area contributed by atoms with Crippen molar-refractivity contribution < 1.29 is 8.83 Å². The van der Waals surface area contributed by atoms with Crippen LogP contribution < -0.4 is 4.90 Å². The Hall–Kier alpha value is -8.14. The first-order valence-electron chi connectivity index (χ1n) is 20.7. The van der Waals surface area contributed by atoms with Gasteiger partial charge in [-0.1, -0.05) is 170 Å². The van der Waals surface area contributed by atoms with Crippen molar-refractivity contribution in [2.45, 2.75) is 0 Å². The molecule has 0 N–H and O–H groups in total. The Labute approximate surface area is 353 Å². The minimum absolute atomic E-state index is 0.844. The molecular weight excluding hydrogens is 743 g/mol. The summed E-state index contributed by atoms with van der Waals surface area (Å²) in [7, 11) is 0. The molecule has 2 aromatic heterocycles. The molecule has 0 radical (unpaired) electrons. The largest absolute Gasteiger partial charge is 0.456 e. The summed E-state index contributed by atoms with van der Waals surface area (Å²) in [5, 5.41) is 6.71. The van der Waals surface area contributed by atoms with Gasteiger partial charge in [0.2, 0.25) is 0 Å². The molecule has 3 nitrogen and oxygen atoms in total. The molecule has 0 aliphatic carbocycles. The molecule has 0 amide bonds. The lowest BCUT2D eigenvalue weighted by Gasteiger charge is -2.28. The van der Waals surface area contributed by atoms with E-state index in [1.54, 1.807) is 0 Å². The number of hydrogen-bond donors (Lipinski definition) is 0. The Kier molecular flexibility index (Phi) is 8.17. The summed E-state index contributed by atoms with van der Waals surface area (Å²) in [6.07, 6.45) is 0. The molecule has 0 aliphatic rings. The molecule has 0 aliphatic heterocycles. The van der Waals surface area contributed by atoms with E-state index in [1.165, 1.54) is 27.5 Å². The van der Waals surface area contributed by atoms with Crippen LogP contribution in [-0.4, -0.2) is 0 Å². The minimum Gasteiger partial charge on any atom is -0.456 e. The molecule has 10 aromatic carbocycles. The molecular formula is C58H37NO2. The van der Waals surface area contributed by atoms with Crippen molar-refractivity contribution in [3.05, 3.63) is 224 Å². The lowest BCUT2D eigenvalue weighted by molar-refractivity contribution is 0.669. The summed E-state index contributed by atoms with van der Waals surface area (Å²) >= 11 is 0. The Bertz CT molecular complexity index is 3570. The van der Waals surface area contributed by atoms with Crippen LogP contribution in [0.15, 0.2) is 233 Å². The first-order chi connectivity index (χ1) is 30.2. The van der Waals surface area contributed by atoms with Crippen molar-refractivity contribution in [3.63, 3.8) is 0 Å². The average Bonchev–Trinajstić information content (AvgIpc) is 3.91. The first kappa shape index (κ1) is 34.9. The van der Waals surface area contributed by atoms with Crippen molar-refractivity contribution in [1.82, 2.24) is 0 Å². The molecule has 12 aromatic rings. The van der Waals surface area contributed by atoms with E-state index in [0.717, 1.165) is 88.8 Å². The quantitative estimate of drug-likeness (QED) is 0.161. The van der Waals surface area contributed by atoms with Crippen LogP contribution in [-0.2, 0) is 0 Å². The fourth-order valence-electron chi connectivity index (χ4n) is 9.17. The fraction of sp³-hybridized carbons (Fsp3) is 0. The van der Waals surface area contributed by atoms with E-state index in [-0.39, 0.29) is 0 Å². The third-order valence-electron chi connectivity index (χ3n) is 12.1. The van der Waals surface area contributed by atoms with E-state index < -0.39 is 0 Å². The highest BCUT2D eigenvalue weighted by molar-refractivity contribution is 6.18. The van der Waals surface area contributed by atoms with Gasteiger partial charge in [-0.05, 0) is 98.9 Å². The van der Waals surface area contributed by atoms with Gasteiger partial charge >= 0.3 is 0 Å². The summed E-state index contributed by atoms with van der Waals surface area (Å²) in [5.41, 5.74) is 15.7. The minimum atomic E-state index is 0.844. The van der Waals surface area contributed by atoms with Crippen LogP contribution in [0.4, 0.5) is 17.1 Å². The summed E-state index contributed by atoms with van der Waals surface area (Å²) < 4.78 is 13.3. The molecule has 286 valence electrons. The molecule has 0 bridgehead atoms. The zero-order chi connectivity index (χ0) is 40.3. The van der Waals surface area contributed by atoms with Crippen LogP contribution in [0.3, 0.4) is 0 Å². The van der Waals surface area contributed by atoms with Crippen molar-refractivity contribution in [1.29, 1.82) is 0 Å². The molecule has 0 saturated carbocycles. The first-order valence-corrected chi connectivity index (χ1v) is 20.7. The Morgan fingerprint density at radius 2 is 0.852 bits per heavy atom. The number of nitrogens with zero attached hydrogens (tertiary/aromatic N) is 1. The molecule has 0 unspecified atom stereocenters. The standard InChI is InChI=1S/C58H37NO2/c1-2-13-38(14-3-1)39-25-27-40(28-26-39)41-29-32-44(33-30-41)59(52-22-12-16-42-15-4-5-18-46(42)52)53-36-35-50(58-57(53)51-21-9-11-24-55(51)61-58)47-19-7-6-17-45(47)43-31-34-49-48-20-8-10-23-54(48)60-56(49)37-43/h1-37H. The van der Waals surface area contributed by atoms with E-state index >= 15 is 0 Å². The van der Waals surface area contributed by atoms with E-state index in [4.69, 9.17) is 8.83 Å². The molecule has 0 atom stereocenters. The Balaban J connectivity index is 1.03. The maximum absolute atomic E-state index is 6.96. The highest BCUT2D eigenvalue weighted by Gasteiger charge is 2.24. The number of anilines is 3. The van der Waals surface area contributed by atoms with Crippen LogP contribution in [0.25, 0.3) is 99.2 Å². The molecule has 61 heavy (non-hydrogen) atoms. The van der Waals surface area contributed by atoms with Gasteiger partial charge in [-0.2, -0.15) is 0 Å². The molecule has 0 saturated heterocycles. The van der Waals surface area contributed by atoms with Gasteiger partial charge in [0.1, 0.15) is 22.3 Å². The predicted octanol–water partition coefficient (Wildman–Crippen LogP) is 16.8. The van der Waals surface area contributed by atoms with Gasteiger partial charge < -0.3 is 13.7 Å². The van der Waals surface area contributed by atoms with Crippen LogP contribution in [0.5, 0.6) is 0 Å². The molecule has 0 spiro atoms. The second kappa shape index (κ2) is 14.3. The van der Waals surface area contributed by atoms with E-state index in [9.17, 15) is 0 Å². The molecule has 12 rings (SSSR count). The maximum Gasteiger partial charge on any atom is 0.145 e. The fourth-order valence-corrected chi connectivity index (χ4v) is 9.17. The molecule has 0 fully saturated rings. The molecule has 3 heteroatoms. The second-order valence-corrected chi connectivity index (χ2v) is 15.6. The number of furan rings is 2. The monoisotopic (exact) mass is 779 g/mol. The van der Waals surface area contributed by atoms with Gasteiger partial charge in [0.25, 0.3) is 0 Å². The van der Waals surface area contributed by atoms with Gasteiger partial charge in [0, 0.05) is 32.8 Å². The van der Waals surface area contributed by atoms with Crippen LogP contribution in [0.1, 0.15) is 0 Å². The zero-order valence-corrected chi connectivity index (χ0v) is 33.1. The summed E-state index contributed by atoms with van der Waals surface area (Å²) in [6.45, 7) is 0. The third-order valence-corrected chi connectivity index (χ3v) is 12.1. The highest BCUT2D eigenvalue weighted by Crippen LogP contribution is 2.49. The van der Waals surface area contributed by atoms with Gasteiger partial charge in [0.15, 0.2) is 0 Å². The van der Waals surface area contributed by atoms with Crippen molar-refractivity contribution in [2.75, 3.05) is 4.90 Å². The van der Waals surface area contributed by atoms with Crippen LogP contribution >= 0.6 is 0 Å². The van der Waals surface area contributed by atoms with Crippen LogP contribution in [0.2, 0.25) is 0 Å². The van der Waals surface area contributed by atoms with Gasteiger partial charge in [-0.3, -0.25) is 0 Å². The third kappa shape index (κ3) is 5.90. The van der Waals surface area contributed by atoms with E-state index in [1.807, 2.05) is 18.2 Å². The zero-order valence-electron chi connectivity index (χ0n) is 33.1. The normalized spacial score (nSPS) is 11.6. The Morgan fingerprint density at radius 3 is 1.62 bits per heavy atom. The summed E-state index contributed by atoms with van der Waals surface area (Å²) in [4.78, 5) is 2.40. The Morgan fingerprint density at radius 1 is 0.295 bits per heavy atom. The molecule has 2 heterocycles. The summed E-state index contributed by atoms with van der Waals surface area (Å²) in [5.74, 6) is 0. The van der Waals surface area contributed by atoms with Crippen molar-refractivity contribution >= 4 is 71.7 Å². The van der Waals surface area contributed by atoms with Crippen molar-refractivity contribution in [2.24, 2.45) is 0 Å².